The molecule has 2 heteroatoms. The average molecular weight is 565 g/mol. The molecule has 0 aromatic heterocycles. The van der Waals surface area contributed by atoms with E-state index in [1.807, 2.05) is 24.3 Å². The first-order valence-corrected chi connectivity index (χ1v) is 17.4. The molecule has 0 unspecified atom stereocenters. The van der Waals surface area contributed by atoms with Crippen LogP contribution in [0.4, 0.5) is 0 Å². The van der Waals surface area contributed by atoms with Crippen molar-refractivity contribution >= 4 is 0 Å². The zero-order chi connectivity index (χ0) is 29.6. The fourth-order valence-electron chi connectivity index (χ4n) is 5.20. The lowest BCUT2D eigenvalue weighted by Crippen LogP contribution is -1.86. The molecule has 0 heterocycles. The lowest BCUT2D eigenvalue weighted by Gasteiger charge is -2.04. The standard InChI is InChI=1S/C24H42O.C15H22O/c1-2-3-4-5-6-7-8-9-10-11-12-13-14-15-16-17-18-23-19-21-24(25)22-20-23;1-2-3-4-5-6-7-8-9-14-10-12-15(16)13-11-14/h19-22,25H,2-18H2,1H3;7-8,10-13,16H,2-6,9H2,1H3. The number of phenolic OH excluding ortho intramolecular Hbond substituents is 2. The maximum Gasteiger partial charge on any atom is 0.115 e. The van der Waals surface area contributed by atoms with Crippen molar-refractivity contribution in [3.8, 4) is 11.5 Å². The molecule has 0 radical (unpaired) electrons. The van der Waals surface area contributed by atoms with Gasteiger partial charge < -0.3 is 10.2 Å². The first kappa shape index (κ1) is 36.8. The molecule has 2 N–H and O–H groups in total. The van der Waals surface area contributed by atoms with Crippen molar-refractivity contribution in [3.63, 3.8) is 0 Å². The third-order valence-corrected chi connectivity index (χ3v) is 7.94. The van der Waals surface area contributed by atoms with Gasteiger partial charge in [0.2, 0.25) is 0 Å². The Labute approximate surface area is 254 Å². The zero-order valence-electron chi connectivity index (χ0n) is 26.9. The summed E-state index contributed by atoms with van der Waals surface area (Å²) >= 11 is 0. The minimum Gasteiger partial charge on any atom is -0.508 e. The van der Waals surface area contributed by atoms with Crippen LogP contribution in [0.1, 0.15) is 160 Å². The van der Waals surface area contributed by atoms with Gasteiger partial charge in [-0.1, -0.05) is 166 Å². The van der Waals surface area contributed by atoms with Crippen LogP contribution in [0.25, 0.3) is 0 Å². The van der Waals surface area contributed by atoms with E-state index in [1.54, 1.807) is 24.3 Å². The molecule has 0 amide bonds. The summed E-state index contributed by atoms with van der Waals surface area (Å²) in [5, 5.41) is 18.4. The lowest BCUT2D eigenvalue weighted by atomic mass is 10.0. The number of aryl methyl sites for hydroxylation is 1. The number of phenols is 2. The van der Waals surface area contributed by atoms with Crippen LogP contribution in [-0.2, 0) is 12.8 Å². The van der Waals surface area contributed by atoms with Crippen LogP contribution in [-0.4, -0.2) is 10.2 Å². The van der Waals surface area contributed by atoms with Crippen molar-refractivity contribution in [1.82, 2.24) is 0 Å². The fourth-order valence-corrected chi connectivity index (χ4v) is 5.20. The average Bonchev–Trinajstić information content (AvgIpc) is 2.99. The second-order valence-corrected chi connectivity index (χ2v) is 11.9. The SMILES string of the molecule is CCCCCCC=CCc1ccc(O)cc1.CCCCCCCCCCCCCCCCCCc1ccc(O)cc1. The van der Waals surface area contributed by atoms with E-state index in [9.17, 15) is 5.11 Å². The summed E-state index contributed by atoms with van der Waals surface area (Å²) in [7, 11) is 0. The predicted octanol–water partition coefficient (Wildman–Crippen LogP) is 12.7. The Hall–Kier alpha value is -2.22. The van der Waals surface area contributed by atoms with Crippen LogP contribution >= 0.6 is 0 Å². The molecule has 0 aliphatic rings. The topological polar surface area (TPSA) is 40.5 Å². The predicted molar refractivity (Wildman–Crippen MR) is 181 cm³/mol. The van der Waals surface area contributed by atoms with E-state index in [4.69, 9.17) is 5.11 Å². The molecule has 0 aliphatic heterocycles. The van der Waals surface area contributed by atoms with Gasteiger partial charge >= 0.3 is 0 Å². The molecule has 2 rings (SSSR count). The fraction of sp³-hybridized carbons (Fsp3) is 0.641. The van der Waals surface area contributed by atoms with Gasteiger partial charge in [0.25, 0.3) is 0 Å². The third kappa shape index (κ3) is 24.1. The van der Waals surface area contributed by atoms with E-state index in [-0.39, 0.29) is 0 Å². The van der Waals surface area contributed by atoms with Crippen molar-refractivity contribution in [2.45, 2.75) is 162 Å². The van der Waals surface area contributed by atoms with Crippen molar-refractivity contribution in [2.24, 2.45) is 0 Å². The molecular weight excluding hydrogens is 500 g/mol. The minimum atomic E-state index is 0.340. The van der Waals surface area contributed by atoms with Gasteiger partial charge in [0.05, 0.1) is 0 Å². The molecule has 0 saturated heterocycles. The molecule has 41 heavy (non-hydrogen) atoms. The summed E-state index contributed by atoms with van der Waals surface area (Å²) in [6, 6.07) is 15.1. The van der Waals surface area contributed by atoms with E-state index >= 15 is 0 Å². The number of aromatic hydroxyl groups is 2. The Kier molecular flexibility index (Phi) is 25.1. The van der Waals surface area contributed by atoms with Crippen LogP contribution in [0.3, 0.4) is 0 Å². The van der Waals surface area contributed by atoms with Crippen molar-refractivity contribution in [1.29, 1.82) is 0 Å². The van der Waals surface area contributed by atoms with Crippen molar-refractivity contribution in [2.75, 3.05) is 0 Å². The summed E-state index contributed by atoms with van der Waals surface area (Å²) in [4.78, 5) is 0. The molecule has 2 aromatic carbocycles. The monoisotopic (exact) mass is 564 g/mol. The lowest BCUT2D eigenvalue weighted by molar-refractivity contribution is 0.474. The van der Waals surface area contributed by atoms with Crippen molar-refractivity contribution in [3.05, 3.63) is 71.8 Å². The van der Waals surface area contributed by atoms with Crippen LogP contribution in [0.2, 0.25) is 0 Å². The second kappa shape index (κ2) is 27.9. The molecule has 2 aromatic rings. The molecule has 232 valence electrons. The highest BCUT2D eigenvalue weighted by atomic mass is 16.3. The number of unbranched alkanes of at least 4 members (excludes halogenated alkanes) is 19. The Morgan fingerprint density at radius 3 is 1.22 bits per heavy atom. The van der Waals surface area contributed by atoms with Gasteiger partial charge in [-0.25, -0.2) is 0 Å². The Morgan fingerprint density at radius 1 is 0.415 bits per heavy atom. The summed E-state index contributed by atoms with van der Waals surface area (Å²) in [5.41, 5.74) is 2.60. The number of rotatable bonds is 24. The van der Waals surface area contributed by atoms with E-state index in [2.05, 4.69) is 26.0 Å². The summed E-state index contributed by atoms with van der Waals surface area (Å²) in [5.74, 6) is 0.711. The number of benzene rings is 2. The van der Waals surface area contributed by atoms with Crippen molar-refractivity contribution < 1.29 is 10.2 Å². The molecule has 0 saturated carbocycles. The molecular formula is C39H64O2. The van der Waals surface area contributed by atoms with Gasteiger partial charge in [-0.3, -0.25) is 0 Å². The van der Waals surface area contributed by atoms with E-state index in [0.29, 0.717) is 11.5 Å². The summed E-state index contributed by atoms with van der Waals surface area (Å²) in [6.07, 6.45) is 35.8. The number of allylic oxidation sites excluding steroid dienone is 2. The second-order valence-electron chi connectivity index (χ2n) is 11.9. The van der Waals surface area contributed by atoms with E-state index < -0.39 is 0 Å². The van der Waals surface area contributed by atoms with Gasteiger partial charge in [0.1, 0.15) is 11.5 Å². The normalized spacial score (nSPS) is 11.1. The highest BCUT2D eigenvalue weighted by Crippen LogP contribution is 2.16. The smallest absolute Gasteiger partial charge is 0.115 e. The van der Waals surface area contributed by atoms with Gasteiger partial charge in [0.15, 0.2) is 0 Å². The molecule has 0 atom stereocenters. The summed E-state index contributed by atoms with van der Waals surface area (Å²) in [6.45, 7) is 4.53. The largest absolute Gasteiger partial charge is 0.508 e. The first-order valence-electron chi connectivity index (χ1n) is 17.4. The molecule has 0 bridgehead atoms. The number of hydrogen-bond acceptors (Lipinski definition) is 2. The van der Waals surface area contributed by atoms with Gasteiger partial charge in [-0.2, -0.15) is 0 Å². The highest BCUT2D eigenvalue weighted by molar-refractivity contribution is 5.27. The molecule has 0 fully saturated rings. The molecule has 2 nitrogen and oxygen atoms in total. The zero-order valence-corrected chi connectivity index (χ0v) is 26.9. The van der Waals surface area contributed by atoms with Crippen LogP contribution < -0.4 is 0 Å². The van der Waals surface area contributed by atoms with Gasteiger partial charge in [0, 0.05) is 0 Å². The Bertz CT molecular complexity index is 822. The number of hydrogen-bond donors (Lipinski definition) is 2. The first-order chi connectivity index (χ1) is 20.2. The molecule has 0 aliphatic carbocycles. The van der Waals surface area contributed by atoms with Crippen LogP contribution in [0.5, 0.6) is 11.5 Å². The Morgan fingerprint density at radius 2 is 0.780 bits per heavy atom. The Balaban J connectivity index is 0.000000452. The van der Waals surface area contributed by atoms with E-state index in [1.165, 1.54) is 146 Å². The van der Waals surface area contributed by atoms with Gasteiger partial charge in [-0.15, -0.1) is 0 Å². The van der Waals surface area contributed by atoms with Crippen LogP contribution in [0.15, 0.2) is 60.7 Å². The summed E-state index contributed by atoms with van der Waals surface area (Å²) < 4.78 is 0. The van der Waals surface area contributed by atoms with Gasteiger partial charge in [-0.05, 0) is 67.5 Å². The maximum absolute atomic E-state index is 9.27. The maximum atomic E-state index is 9.27. The molecule has 0 spiro atoms. The quantitative estimate of drug-likeness (QED) is 0.0983. The minimum absolute atomic E-state index is 0.340. The van der Waals surface area contributed by atoms with E-state index in [0.717, 1.165) is 12.8 Å². The van der Waals surface area contributed by atoms with Crippen LogP contribution in [0, 0.1) is 0 Å². The third-order valence-electron chi connectivity index (χ3n) is 7.94. The highest BCUT2D eigenvalue weighted by Gasteiger charge is 1.97.